The minimum absolute atomic E-state index is 0.0580. The number of piperazine rings is 1. The van der Waals surface area contributed by atoms with E-state index in [-0.39, 0.29) is 19.0 Å². The molecule has 92 valence electrons. The first-order valence-electron chi connectivity index (χ1n) is 5.38. The smallest absolute Gasteiger partial charge is 0.328 e. The summed E-state index contributed by atoms with van der Waals surface area (Å²) >= 11 is 0. The fraction of sp³-hybridized carbons (Fsp3) is 0.250. The summed E-state index contributed by atoms with van der Waals surface area (Å²) in [5, 5.41) is 20.3. The molecule has 1 aliphatic rings. The molecular formula is C12H11N3O3. The van der Waals surface area contributed by atoms with Gasteiger partial charge >= 0.3 is 5.97 Å². The van der Waals surface area contributed by atoms with Crippen molar-refractivity contribution < 1.29 is 14.7 Å². The summed E-state index contributed by atoms with van der Waals surface area (Å²) < 4.78 is 0. The molecule has 0 saturated carbocycles. The highest BCUT2D eigenvalue weighted by Crippen LogP contribution is 2.21. The Morgan fingerprint density at radius 1 is 1.50 bits per heavy atom. The Morgan fingerprint density at radius 2 is 2.22 bits per heavy atom. The van der Waals surface area contributed by atoms with Crippen LogP contribution in [-0.2, 0) is 9.59 Å². The highest BCUT2D eigenvalue weighted by molar-refractivity contribution is 5.89. The van der Waals surface area contributed by atoms with Crippen LogP contribution in [0.25, 0.3) is 0 Å². The zero-order chi connectivity index (χ0) is 13.1. The third kappa shape index (κ3) is 2.25. The Kier molecular flexibility index (Phi) is 3.15. The van der Waals surface area contributed by atoms with Crippen molar-refractivity contribution in [3.05, 3.63) is 29.8 Å². The first kappa shape index (κ1) is 11.9. The minimum Gasteiger partial charge on any atom is -0.480 e. The van der Waals surface area contributed by atoms with E-state index in [0.717, 1.165) is 0 Å². The van der Waals surface area contributed by atoms with Crippen LogP contribution >= 0.6 is 0 Å². The number of hydrogen-bond acceptors (Lipinski definition) is 4. The number of hydrogen-bond donors (Lipinski definition) is 2. The number of nitrogens with one attached hydrogen (secondary N) is 1. The van der Waals surface area contributed by atoms with E-state index in [1.807, 2.05) is 6.07 Å². The summed E-state index contributed by atoms with van der Waals surface area (Å²) in [5.41, 5.74) is 1.01. The van der Waals surface area contributed by atoms with E-state index in [2.05, 4.69) is 5.32 Å². The first-order chi connectivity index (χ1) is 8.61. The van der Waals surface area contributed by atoms with Crippen molar-refractivity contribution in [1.29, 1.82) is 5.26 Å². The monoisotopic (exact) mass is 245 g/mol. The van der Waals surface area contributed by atoms with Crippen molar-refractivity contribution in [2.24, 2.45) is 0 Å². The molecule has 2 N–H and O–H groups in total. The molecular weight excluding hydrogens is 234 g/mol. The van der Waals surface area contributed by atoms with Gasteiger partial charge in [0.2, 0.25) is 5.91 Å². The molecule has 0 spiro atoms. The van der Waals surface area contributed by atoms with Gasteiger partial charge in [-0.05, 0) is 12.1 Å². The zero-order valence-corrected chi connectivity index (χ0v) is 9.46. The summed E-state index contributed by atoms with van der Waals surface area (Å²) in [6, 6.07) is 7.90. The molecule has 1 aliphatic heterocycles. The summed E-state index contributed by atoms with van der Waals surface area (Å²) in [4.78, 5) is 24.0. The number of amides is 1. The second-order valence-corrected chi connectivity index (χ2v) is 3.97. The molecule has 0 aromatic heterocycles. The minimum atomic E-state index is -1.08. The first-order valence-corrected chi connectivity index (χ1v) is 5.38. The number of benzene rings is 1. The van der Waals surface area contributed by atoms with E-state index in [1.54, 1.807) is 29.2 Å². The van der Waals surface area contributed by atoms with Crippen molar-refractivity contribution in [2.45, 2.75) is 6.04 Å². The predicted octanol–water partition coefficient (Wildman–Crippen LogP) is -0.0523. The Labute approximate surface area is 103 Å². The van der Waals surface area contributed by atoms with Crippen LogP contribution in [0, 0.1) is 11.3 Å². The SMILES string of the molecule is N#Cc1ccccc1N1CC(=O)NC(C(=O)O)C1. The van der Waals surface area contributed by atoms with E-state index >= 15 is 0 Å². The van der Waals surface area contributed by atoms with Gasteiger partial charge in [0.25, 0.3) is 0 Å². The molecule has 6 nitrogen and oxygen atoms in total. The van der Waals surface area contributed by atoms with Gasteiger partial charge in [0, 0.05) is 6.54 Å². The van der Waals surface area contributed by atoms with Gasteiger partial charge in [-0.3, -0.25) is 4.79 Å². The van der Waals surface area contributed by atoms with Crippen LogP contribution in [0.4, 0.5) is 5.69 Å². The largest absolute Gasteiger partial charge is 0.480 e. The third-order valence-corrected chi connectivity index (χ3v) is 2.74. The molecule has 18 heavy (non-hydrogen) atoms. The number of anilines is 1. The lowest BCUT2D eigenvalue weighted by Crippen LogP contribution is -2.57. The topological polar surface area (TPSA) is 93.4 Å². The fourth-order valence-electron chi connectivity index (χ4n) is 1.91. The molecule has 0 bridgehead atoms. The van der Waals surface area contributed by atoms with Gasteiger partial charge in [-0.2, -0.15) is 5.26 Å². The Hall–Kier alpha value is -2.55. The van der Waals surface area contributed by atoms with Gasteiger partial charge in [-0.1, -0.05) is 12.1 Å². The number of nitrogens with zero attached hydrogens (tertiary/aromatic N) is 2. The van der Waals surface area contributed by atoms with E-state index in [0.29, 0.717) is 11.3 Å². The molecule has 1 unspecified atom stereocenters. The number of carbonyl (C=O) groups excluding carboxylic acids is 1. The molecule has 1 aromatic rings. The third-order valence-electron chi connectivity index (χ3n) is 2.74. The Balaban J connectivity index is 2.30. The average Bonchev–Trinajstić information content (AvgIpc) is 2.38. The molecule has 1 fully saturated rings. The summed E-state index contributed by atoms with van der Waals surface area (Å²) in [6.45, 7) is 0.211. The molecule has 2 rings (SSSR count). The van der Waals surface area contributed by atoms with Crippen LogP contribution in [-0.4, -0.2) is 36.1 Å². The van der Waals surface area contributed by atoms with Crippen LogP contribution in [0.15, 0.2) is 24.3 Å². The van der Waals surface area contributed by atoms with Crippen molar-refractivity contribution in [1.82, 2.24) is 5.32 Å². The molecule has 6 heteroatoms. The summed E-state index contributed by atoms with van der Waals surface area (Å²) in [7, 11) is 0. The number of carboxylic acid groups (broad SMARTS) is 1. The molecule has 0 radical (unpaired) electrons. The average molecular weight is 245 g/mol. The number of aliphatic carboxylic acids is 1. The van der Waals surface area contributed by atoms with Crippen molar-refractivity contribution >= 4 is 17.6 Å². The van der Waals surface area contributed by atoms with Gasteiger partial charge in [0.15, 0.2) is 0 Å². The second kappa shape index (κ2) is 4.75. The summed E-state index contributed by atoms with van der Waals surface area (Å²) in [6.07, 6.45) is 0. The maximum absolute atomic E-state index is 11.5. The lowest BCUT2D eigenvalue weighted by molar-refractivity contribution is -0.142. The van der Waals surface area contributed by atoms with Crippen molar-refractivity contribution in [3.63, 3.8) is 0 Å². The van der Waals surface area contributed by atoms with E-state index < -0.39 is 12.0 Å². The summed E-state index contributed by atoms with van der Waals surface area (Å²) in [5.74, 6) is -1.44. The molecule has 1 aromatic carbocycles. The molecule has 1 heterocycles. The van der Waals surface area contributed by atoms with Gasteiger partial charge in [-0.15, -0.1) is 0 Å². The van der Waals surface area contributed by atoms with Crippen molar-refractivity contribution in [3.8, 4) is 6.07 Å². The second-order valence-electron chi connectivity index (χ2n) is 3.97. The maximum atomic E-state index is 11.5. The Morgan fingerprint density at radius 3 is 2.89 bits per heavy atom. The number of nitriles is 1. The predicted molar refractivity (Wildman–Crippen MR) is 62.9 cm³/mol. The number of para-hydroxylation sites is 1. The number of rotatable bonds is 2. The van der Waals surface area contributed by atoms with Gasteiger partial charge < -0.3 is 15.3 Å². The highest BCUT2D eigenvalue weighted by atomic mass is 16.4. The Bertz CT molecular complexity index is 536. The lowest BCUT2D eigenvalue weighted by Gasteiger charge is -2.32. The molecule has 1 atom stereocenters. The quantitative estimate of drug-likeness (QED) is 0.761. The fourth-order valence-corrected chi connectivity index (χ4v) is 1.91. The normalized spacial score (nSPS) is 18.9. The zero-order valence-electron chi connectivity index (χ0n) is 9.46. The van der Waals surface area contributed by atoms with E-state index in [4.69, 9.17) is 10.4 Å². The van der Waals surface area contributed by atoms with Gasteiger partial charge in [0.05, 0.1) is 17.8 Å². The van der Waals surface area contributed by atoms with Crippen LogP contribution in [0.2, 0.25) is 0 Å². The van der Waals surface area contributed by atoms with Crippen LogP contribution < -0.4 is 10.2 Å². The van der Waals surface area contributed by atoms with Crippen LogP contribution in [0.1, 0.15) is 5.56 Å². The molecule has 1 amide bonds. The van der Waals surface area contributed by atoms with Crippen molar-refractivity contribution in [2.75, 3.05) is 18.0 Å². The maximum Gasteiger partial charge on any atom is 0.328 e. The number of carbonyl (C=O) groups is 2. The molecule has 1 saturated heterocycles. The number of carboxylic acids is 1. The van der Waals surface area contributed by atoms with Gasteiger partial charge in [-0.25, -0.2) is 4.79 Å². The van der Waals surface area contributed by atoms with Gasteiger partial charge in [0.1, 0.15) is 12.1 Å². The van der Waals surface area contributed by atoms with Crippen LogP contribution in [0.3, 0.4) is 0 Å². The van der Waals surface area contributed by atoms with E-state index in [1.165, 1.54) is 0 Å². The lowest BCUT2D eigenvalue weighted by atomic mass is 10.1. The molecule has 0 aliphatic carbocycles. The van der Waals surface area contributed by atoms with E-state index in [9.17, 15) is 9.59 Å². The highest BCUT2D eigenvalue weighted by Gasteiger charge is 2.30. The van der Waals surface area contributed by atoms with Crippen LogP contribution in [0.5, 0.6) is 0 Å². The standard InChI is InChI=1S/C12H11N3O3/c13-5-8-3-1-2-4-10(8)15-6-9(12(17)18)14-11(16)7-15/h1-4,9H,6-7H2,(H,14,16)(H,17,18).